The fourth-order valence-corrected chi connectivity index (χ4v) is 0.453. The molecule has 0 aromatic carbocycles. The highest BCUT2D eigenvalue weighted by Gasteiger charge is 2.09. The highest BCUT2D eigenvalue weighted by molar-refractivity contribution is 6.35. The maximum absolute atomic E-state index is 10.7. The third kappa shape index (κ3) is 2.48. The molecule has 0 atom stereocenters. The molecule has 0 spiro atoms. The molecule has 0 aliphatic carbocycles. The van der Waals surface area contributed by atoms with Crippen LogP contribution in [0.1, 0.15) is 20.3 Å². The lowest BCUT2D eigenvalue weighted by molar-refractivity contribution is -0.114. The van der Waals surface area contributed by atoms with Crippen molar-refractivity contribution in [1.82, 2.24) is 0 Å². The Bertz CT molecular complexity index is 142. The summed E-state index contributed by atoms with van der Waals surface area (Å²) in [6.45, 7) is 3.73. The topological polar surface area (TPSA) is 58.9 Å². The second-order valence-electron chi connectivity index (χ2n) is 1.61. The van der Waals surface area contributed by atoms with Gasteiger partial charge in [0.2, 0.25) is 5.78 Å². The van der Waals surface area contributed by atoms with E-state index in [0.717, 1.165) is 0 Å². The zero-order chi connectivity index (χ0) is 7.98. The van der Waals surface area contributed by atoms with Crippen LogP contribution >= 0.6 is 0 Å². The zero-order valence-electron chi connectivity index (χ0n) is 6.13. The van der Waals surface area contributed by atoms with Crippen molar-refractivity contribution in [2.45, 2.75) is 20.3 Å². The SMILES string of the molecule is CCOC(=NO)C(=O)CC. The van der Waals surface area contributed by atoms with Crippen molar-refractivity contribution in [2.75, 3.05) is 6.61 Å². The van der Waals surface area contributed by atoms with E-state index in [2.05, 4.69) is 5.16 Å². The van der Waals surface area contributed by atoms with E-state index in [0.29, 0.717) is 13.0 Å². The second kappa shape index (κ2) is 4.78. The predicted octanol–water partition coefficient (Wildman–Crippen LogP) is 0.790. The van der Waals surface area contributed by atoms with Gasteiger partial charge in [0.15, 0.2) is 0 Å². The van der Waals surface area contributed by atoms with Crippen molar-refractivity contribution in [3.05, 3.63) is 0 Å². The van der Waals surface area contributed by atoms with E-state index in [1.54, 1.807) is 13.8 Å². The number of nitrogens with zero attached hydrogens (tertiary/aromatic N) is 1. The first-order valence-electron chi connectivity index (χ1n) is 3.14. The normalized spacial score (nSPS) is 11.2. The van der Waals surface area contributed by atoms with Crippen LogP contribution in [-0.2, 0) is 9.53 Å². The number of Topliss-reactive ketones (excluding diaryl/α,β-unsaturated/α-hetero) is 1. The Morgan fingerprint density at radius 3 is 2.50 bits per heavy atom. The number of ether oxygens (including phenoxy) is 1. The van der Waals surface area contributed by atoms with E-state index in [1.807, 2.05) is 0 Å². The van der Waals surface area contributed by atoms with Crippen LogP contribution in [0.5, 0.6) is 0 Å². The molecule has 0 saturated carbocycles. The van der Waals surface area contributed by atoms with Gasteiger partial charge in [-0.25, -0.2) is 0 Å². The molecule has 0 saturated heterocycles. The third-order valence-electron chi connectivity index (χ3n) is 0.932. The molecule has 0 aromatic rings. The molecule has 0 bridgehead atoms. The molecule has 0 radical (unpaired) electrons. The number of oxime groups is 1. The van der Waals surface area contributed by atoms with Crippen molar-refractivity contribution in [1.29, 1.82) is 0 Å². The minimum absolute atomic E-state index is 0.204. The van der Waals surface area contributed by atoms with Crippen molar-refractivity contribution in [3.63, 3.8) is 0 Å². The lowest BCUT2D eigenvalue weighted by Gasteiger charge is -2.00. The van der Waals surface area contributed by atoms with E-state index < -0.39 is 0 Å². The Kier molecular flexibility index (Phi) is 4.28. The lowest BCUT2D eigenvalue weighted by Crippen LogP contribution is -2.16. The Labute approximate surface area is 59.5 Å². The summed E-state index contributed by atoms with van der Waals surface area (Å²) < 4.78 is 4.69. The molecule has 4 heteroatoms. The first-order chi connectivity index (χ1) is 4.76. The molecule has 4 nitrogen and oxygen atoms in total. The molecule has 0 rings (SSSR count). The van der Waals surface area contributed by atoms with Gasteiger partial charge in [-0.15, -0.1) is 0 Å². The van der Waals surface area contributed by atoms with Crippen LogP contribution in [0.4, 0.5) is 0 Å². The van der Waals surface area contributed by atoms with Crippen LogP contribution in [0.15, 0.2) is 5.16 Å². The number of hydrogen-bond acceptors (Lipinski definition) is 4. The molecule has 0 unspecified atom stereocenters. The standard InChI is InChI=1S/C6H11NO3/c1-3-5(8)6(7-9)10-4-2/h9H,3-4H2,1-2H3. The van der Waals surface area contributed by atoms with Gasteiger partial charge in [0, 0.05) is 6.42 Å². The van der Waals surface area contributed by atoms with Crippen molar-refractivity contribution >= 4 is 11.7 Å². The number of rotatable bonds is 3. The van der Waals surface area contributed by atoms with Gasteiger partial charge in [-0.05, 0) is 12.1 Å². The number of carbonyl (C=O) groups is 1. The van der Waals surface area contributed by atoms with Crippen molar-refractivity contribution < 1.29 is 14.7 Å². The van der Waals surface area contributed by atoms with Gasteiger partial charge in [-0.2, -0.15) is 0 Å². The molecule has 0 heterocycles. The first kappa shape index (κ1) is 8.94. The highest BCUT2D eigenvalue weighted by Crippen LogP contribution is 1.88. The van der Waals surface area contributed by atoms with Gasteiger partial charge in [-0.1, -0.05) is 6.92 Å². The lowest BCUT2D eigenvalue weighted by atomic mass is 10.3. The predicted molar refractivity (Wildman–Crippen MR) is 36.1 cm³/mol. The minimum Gasteiger partial charge on any atom is -0.473 e. The minimum atomic E-state index is -0.288. The maximum Gasteiger partial charge on any atom is 0.293 e. The van der Waals surface area contributed by atoms with Gasteiger partial charge in [0.25, 0.3) is 5.90 Å². The van der Waals surface area contributed by atoms with E-state index in [4.69, 9.17) is 9.94 Å². The summed E-state index contributed by atoms with van der Waals surface area (Å²) >= 11 is 0. The van der Waals surface area contributed by atoms with Crippen molar-refractivity contribution in [2.24, 2.45) is 5.16 Å². The Morgan fingerprint density at radius 2 is 2.20 bits per heavy atom. The molecular formula is C6H11NO3. The molecule has 10 heavy (non-hydrogen) atoms. The Hall–Kier alpha value is -1.06. The molecule has 0 aromatic heterocycles. The molecule has 0 fully saturated rings. The van der Waals surface area contributed by atoms with Crippen LogP contribution in [0, 0.1) is 0 Å². The average Bonchev–Trinajstić information content (AvgIpc) is 1.99. The quantitative estimate of drug-likeness (QED) is 0.276. The summed E-state index contributed by atoms with van der Waals surface area (Å²) in [5.74, 6) is -0.491. The Morgan fingerprint density at radius 1 is 1.60 bits per heavy atom. The molecule has 58 valence electrons. The van der Waals surface area contributed by atoms with Crippen LogP contribution in [0.25, 0.3) is 0 Å². The monoisotopic (exact) mass is 145 g/mol. The fraction of sp³-hybridized carbons (Fsp3) is 0.667. The van der Waals surface area contributed by atoms with Crippen LogP contribution in [0.2, 0.25) is 0 Å². The molecule has 0 aliphatic heterocycles. The second-order valence-corrected chi connectivity index (χ2v) is 1.61. The van der Waals surface area contributed by atoms with Crippen molar-refractivity contribution in [3.8, 4) is 0 Å². The third-order valence-corrected chi connectivity index (χ3v) is 0.932. The molecule has 0 aliphatic rings. The zero-order valence-corrected chi connectivity index (χ0v) is 6.13. The summed E-state index contributed by atoms with van der Waals surface area (Å²) in [7, 11) is 0. The fourth-order valence-electron chi connectivity index (χ4n) is 0.453. The summed E-state index contributed by atoms with van der Waals surface area (Å²) in [4.78, 5) is 10.7. The Balaban J connectivity index is 3.95. The van der Waals surface area contributed by atoms with Gasteiger partial charge >= 0.3 is 0 Å². The van der Waals surface area contributed by atoms with Crippen LogP contribution in [-0.4, -0.2) is 23.5 Å². The summed E-state index contributed by atoms with van der Waals surface area (Å²) in [5, 5.41) is 10.9. The van der Waals surface area contributed by atoms with E-state index in [-0.39, 0.29) is 11.7 Å². The van der Waals surface area contributed by atoms with E-state index in [1.165, 1.54) is 0 Å². The summed E-state index contributed by atoms with van der Waals surface area (Å²) in [5.41, 5.74) is 0. The van der Waals surface area contributed by atoms with Crippen LogP contribution in [0.3, 0.4) is 0 Å². The van der Waals surface area contributed by atoms with Gasteiger partial charge < -0.3 is 9.94 Å². The average molecular weight is 145 g/mol. The first-order valence-corrected chi connectivity index (χ1v) is 3.14. The van der Waals surface area contributed by atoms with Crippen LogP contribution < -0.4 is 0 Å². The number of hydrogen-bond donors (Lipinski definition) is 1. The van der Waals surface area contributed by atoms with E-state index in [9.17, 15) is 4.79 Å². The van der Waals surface area contributed by atoms with Gasteiger partial charge in [-0.3, -0.25) is 4.79 Å². The largest absolute Gasteiger partial charge is 0.473 e. The number of ketones is 1. The molecular weight excluding hydrogens is 134 g/mol. The highest BCUT2D eigenvalue weighted by atomic mass is 16.5. The molecule has 0 amide bonds. The maximum atomic E-state index is 10.7. The summed E-state index contributed by atoms with van der Waals surface area (Å²) in [6.07, 6.45) is 0.291. The smallest absolute Gasteiger partial charge is 0.293 e. The number of carbonyl (C=O) groups excluding carboxylic acids is 1. The van der Waals surface area contributed by atoms with Gasteiger partial charge in [0.05, 0.1) is 6.61 Å². The van der Waals surface area contributed by atoms with E-state index >= 15 is 0 Å². The van der Waals surface area contributed by atoms with Gasteiger partial charge in [0.1, 0.15) is 0 Å². The molecule has 1 N–H and O–H groups in total. The summed E-state index contributed by atoms with van der Waals surface area (Å²) in [6, 6.07) is 0.